The van der Waals surface area contributed by atoms with Gasteiger partial charge in [-0.05, 0) is 32.4 Å². The van der Waals surface area contributed by atoms with Crippen molar-refractivity contribution < 1.29 is 0 Å². The summed E-state index contributed by atoms with van der Waals surface area (Å²) in [5.41, 5.74) is 3.95. The van der Waals surface area contributed by atoms with Gasteiger partial charge in [-0.25, -0.2) is 4.68 Å². The van der Waals surface area contributed by atoms with Crippen LogP contribution in [-0.4, -0.2) is 9.78 Å². The molecule has 2 rings (SSSR count). The van der Waals surface area contributed by atoms with Gasteiger partial charge in [0.1, 0.15) is 0 Å². The number of hydrogen-bond acceptors (Lipinski definition) is 1. The van der Waals surface area contributed by atoms with Gasteiger partial charge in [0.2, 0.25) is 0 Å². The smallest absolute Gasteiger partial charge is 0.274 e. The van der Waals surface area contributed by atoms with E-state index in [2.05, 4.69) is 5.10 Å². The number of aromatic amines is 1. The van der Waals surface area contributed by atoms with Crippen molar-refractivity contribution in [1.82, 2.24) is 9.78 Å². The van der Waals surface area contributed by atoms with Crippen LogP contribution in [0.1, 0.15) is 23.7 Å². The molecule has 3 heteroatoms. The van der Waals surface area contributed by atoms with Crippen molar-refractivity contribution in [3.63, 3.8) is 0 Å². The molecular weight excluding hydrogens is 200 g/mol. The van der Waals surface area contributed by atoms with Crippen LogP contribution in [-0.2, 0) is 6.42 Å². The third kappa shape index (κ3) is 1.69. The molecule has 0 aliphatic rings. The highest BCUT2D eigenvalue weighted by Gasteiger charge is 2.09. The molecule has 0 saturated carbocycles. The van der Waals surface area contributed by atoms with Gasteiger partial charge in [-0.15, -0.1) is 0 Å². The molecule has 0 saturated heterocycles. The Hall–Kier alpha value is -1.77. The van der Waals surface area contributed by atoms with Gasteiger partial charge in [-0.3, -0.25) is 9.89 Å². The summed E-state index contributed by atoms with van der Waals surface area (Å²) in [4.78, 5) is 12.0. The molecule has 3 nitrogen and oxygen atoms in total. The largest absolute Gasteiger partial charge is 0.295 e. The van der Waals surface area contributed by atoms with Gasteiger partial charge in [0.25, 0.3) is 5.56 Å². The van der Waals surface area contributed by atoms with E-state index < -0.39 is 0 Å². The quantitative estimate of drug-likeness (QED) is 0.822. The SMILES string of the molecule is CCc1c(C)[nH]n(-c2ccc(C)cc2)c1=O. The minimum atomic E-state index is 0.0591. The number of benzene rings is 1. The molecular formula is C13H16N2O. The fourth-order valence-corrected chi connectivity index (χ4v) is 1.87. The fourth-order valence-electron chi connectivity index (χ4n) is 1.87. The summed E-state index contributed by atoms with van der Waals surface area (Å²) in [6.45, 7) is 5.96. The van der Waals surface area contributed by atoms with Gasteiger partial charge < -0.3 is 0 Å². The number of H-pyrrole nitrogens is 1. The van der Waals surface area contributed by atoms with E-state index in [0.717, 1.165) is 23.4 Å². The van der Waals surface area contributed by atoms with Crippen LogP contribution in [0.4, 0.5) is 0 Å². The lowest BCUT2D eigenvalue weighted by Crippen LogP contribution is -2.16. The average molecular weight is 216 g/mol. The summed E-state index contributed by atoms with van der Waals surface area (Å²) in [6, 6.07) is 7.91. The number of nitrogens with zero attached hydrogens (tertiary/aromatic N) is 1. The Morgan fingerprint density at radius 1 is 1.19 bits per heavy atom. The van der Waals surface area contributed by atoms with Crippen LogP contribution in [0.2, 0.25) is 0 Å². The molecule has 0 bridgehead atoms. The van der Waals surface area contributed by atoms with Crippen LogP contribution in [0, 0.1) is 13.8 Å². The highest BCUT2D eigenvalue weighted by Crippen LogP contribution is 2.08. The maximum absolute atomic E-state index is 12.0. The molecule has 1 aromatic carbocycles. The lowest BCUT2D eigenvalue weighted by molar-refractivity contribution is 0.834. The molecule has 16 heavy (non-hydrogen) atoms. The second-order valence-corrected chi connectivity index (χ2v) is 4.05. The second kappa shape index (κ2) is 4.00. The Kier molecular flexibility index (Phi) is 2.69. The topological polar surface area (TPSA) is 37.8 Å². The molecule has 0 atom stereocenters. The van der Waals surface area contributed by atoms with Gasteiger partial charge in [0.05, 0.1) is 5.69 Å². The van der Waals surface area contributed by atoms with E-state index in [-0.39, 0.29) is 5.56 Å². The predicted octanol–water partition coefficient (Wildman–Crippen LogP) is 2.34. The van der Waals surface area contributed by atoms with Crippen LogP contribution in [0.25, 0.3) is 5.69 Å². The standard InChI is InChI=1S/C13H16N2O/c1-4-12-10(3)14-15(13(12)16)11-7-5-9(2)6-8-11/h5-8,14H,4H2,1-3H3. The highest BCUT2D eigenvalue weighted by atomic mass is 16.1. The first kappa shape index (κ1) is 10.7. The van der Waals surface area contributed by atoms with Crippen LogP contribution in [0.3, 0.4) is 0 Å². The van der Waals surface area contributed by atoms with Crippen LogP contribution < -0.4 is 5.56 Å². The summed E-state index contributed by atoms with van der Waals surface area (Å²) in [6.07, 6.45) is 0.764. The summed E-state index contributed by atoms with van der Waals surface area (Å²) in [5, 5.41) is 3.10. The average Bonchev–Trinajstić information content (AvgIpc) is 2.55. The Morgan fingerprint density at radius 2 is 1.81 bits per heavy atom. The van der Waals surface area contributed by atoms with Gasteiger partial charge in [-0.1, -0.05) is 24.6 Å². The van der Waals surface area contributed by atoms with Gasteiger partial charge in [0, 0.05) is 11.3 Å². The third-order valence-corrected chi connectivity index (χ3v) is 2.84. The zero-order chi connectivity index (χ0) is 11.7. The van der Waals surface area contributed by atoms with Crippen molar-refractivity contribution in [1.29, 1.82) is 0 Å². The van der Waals surface area contributed by atoms with E-state index in [4.69, 9.17) is 0 Å². The second-order valence-electron chi connectivity index (χ2n) is 4.05. The van der Waals surface area contributed by atoms with E-state index in [9.17, 15) is 4.79 Å². The maximum Gasteiger partial charge on any atom is 0.274 e. The molecule has 0 aliphatic carbocycles. The number of rotatable bonds is 2. The van der Waals surface area contributed by atoms with E-state index >= 15 is 0 Å². The molecule has 0 unspecified atom stereocenters. The fraction of sp³-hybridized carbons (Fsp3) is 0.308. The van der Waals surface area contributed by atoms with E-state index in [0.29, 0.717) is 0 Å². The number of aryl methyl sites for hydroxylation is 2. The Balaban J connectivity index is 2.57. The number of aromatic nitrogens is 2. The molecule has 0 amide bonds. The van der Waals surface area contributed by atoms with Crippen molar-refractivity contribution in [3.05, 3.63) is 51.4 Å². The van der Waals surface area contributed by atoms with Crippen LogP contribution >= 0.6 is 0 Å². The van der Waals surface area contributed by atoms with Gasteiger partial charge >= 0.3 is 0 Å². The first-order valence-corrected chi connectivity index (χ1v) is 5.51. The minimum absolute atomic E-state index is 0.0591. The Morgan fingerprint density at radius 3 is 2.31 bits per heavy atom. The summed E-state index contributed by atoms with van der Waals surface area (Å²) >= 11 is 0. The summed E-state index contributed by atoms with van der Waals surface area (Å²) < 4.78 is 1.60. The van der Waals surface area contributed by atoms with Crippen molar-refractivity contribution in [2.75, 3.05) is 0 Å². The highest BCUT2D eigenvalue weighted by molar-refractivity contribution is 5.35. The molecule has 1 N–H and O–H groups in total. The molecule has 0 aliphatic heterocycles. The zero-order valence-corrected chi connectivity index (χ0v) is 9.87. The molecule has 0 radical (unpaired) electrons. The monoisotopic (exact) mass is 216 g/mol. The molecule has 2 aromatic rings. The van der Waals surface area contributed by atoms with Gasteiger partial charge in [-0.2, -0.15) is 0 Å². The lowest BCUT2D eigenvalue weighted by Gasteiger charge is -2.01. The predicted molar refractivity (Wildman–Crippen MR) is 65.2 cm³/mol. The molecule has 1 aromatic heterocycles. The minimum Gasteiger partial charge on any atom is -0.295 e. The van der Waals surface area contributed by atoms with E-state index in [1.165, 1.54) is 5.56 Å². The van der Waals surface area contributed by atoms with Crippen molar-refractivity contribution in [2.45, 2.75) is 27.2 Å². The molecule has 1 heterocycles. The van der Waals surface area contributed by atoms with Crippen molar-refractivity contribution in [3.8, 4) is 5.69 Å². The summed E-state index contributed by atoms with van der Waals surface area (Å²) in [7, 11) is 0. The Bertz CT molecular complexity index is 546. The molecule has 84 valence electrons. The normalized spacial score (nSPS) is 10.7. The summed E-state index contributed by atoms with van der Waals surface area (Å²) in [5.74, 6) is 0. The van der Waals surface area contributed by atoms with Crippen molar-refractivity contribution >= 4 is 0 Å². The van der Waals surface area contributed by atoms with E-state index in [1.54, 1.807) is 4.68 Å². The van der Waals surface area contributed by atoms with Crippen LogP contribution in [0.15, 0.2) is 29.1 Å². The number of hydrogen-bond donors (Lipinski definition) is 1. The first-order valence-electron chi connectivity index (χ1n) is 5.51. The zero-order valence-electron chi connectivity index (χ0n) is 9.87. The van der Waals surface area contributed by atoms with Crippen molar-refractivity contribution in [2.24, 2.45) is 0 Å². The molecule has 0 spiro atoms. The maximum atomic E-state index is 12.0. The van der Waals surface area contributed by atoms with Crippen LogP contribution in [0.5, 0.6) is 0 Å². The van der Waals surface area contributed by atoms with Gasteiger partial charge in [0.15, 0.2) is 0 Å². The third-order valence-electron chi connectivity index (χ3n) is 2.84. The van der Waals surface area contributed by atoms with E-state index in [1.807, 2.05) is 45.0 Å². The Labute approximate surface area is 94.7 Å². The molecule has 0 fully saturated rings. The number of nitrogens with one attached hydrogen (secondary N) is 1. The first-order chi connectivity index (χ1) is 7.63. The lowest BCUT2D eigenvalue weighted by atomic mass is 10.2.